The lowest BCUT2D eigenvalue weighted by Crippen LogP contribution is -2.55. The molecule has 0 bridgehead atoms. The Morgan fingerprint density at radius 2 is 1.63 bits per heavy atom. The summed E-state index contributed by atoms with van der Waals surface area (Å²) >= 11 is 0. The third-order valence-corrected chi connectivity index (χ3v) is 5.18. The zero-order valence-corrected chi connectivity index (χ0v) is 14.1. The SMILES string of the molecule is CC(C)CCC(C)(CN)N1CCC(C(C)(C)C)CC1. The van der Waals surface area contributed by atoms with E-state index in [1.807, 2.05) is 0 Å². The van der Waals surface area contributed by atoms with Gasteiger partial charge in [-0.3, -0.25) is 4.90 Å². The topological polar surface area (TPSA) is 29.3 Å². The van der Waals surface area contributed by atoms with Crippen molar-refractivity contribution in [2.45, 2.75) is 72.8 Å². The van der Waals surface area contributed by atoms with Crippen LogP contribution in [0, 0.1) is 17.3 Å². The summed E-state index contributed by atoms with van der Waals surface area (Å²) in [7, 11) is 0. The summed E-state index contributed by atoms with van der Waals surface area (Å²) in [5.41, 5.74) is 6.78. The Hall–Kier alpha value is -0.0800. The second-order valence-corrected chi connectivity index (χ2v) is 8.26. The molecule has 1 saturated heterocycles. The van der Waals surface area contributed by atoms with Crippen molar-refractivity contribution < 1.29 is 0 Å². The molecule has 0 aromatic rings. The number of hydrogen-bond donors (Lipinski definition) is 1. The standard InChI is InChI=1S/C17H36N2/c1-14(2)7-10-17(6,13-18)19-11-8-15(9-12-19)16(3,4)5/h14-15H,7-13,18H2,1-6H3. The van der Waals surface area contributed by atoms with Crippen LogP contribution in [0.5, 0.6) is 0 Å². The molecular formula is C17H36N2. The highest BCUT2D eigenvalue weighted by Crippen LogP contribution is 2.36. The van der Waals surface area contributed by atoms with E-state index in [1.165, 1.54) is 38.8 Å². The lowest BCUT2D eigenvalue weighted by molar-refractivity contribution is 0.0317. The Morgan fingerprint density at radius 1 is 1.11 bits per heavy atom. The maximum absolute atomic E-state index is 6.10. The van der Waals surface area contributed by atoms with Crippen molar-refractivity contribution in [3.05, 3.63) is 0 Å². The van der Waals surface area contributed by atoms with Gasteiger partial charge in [0.2, 0.25) is 0 Å². The van der Waals surface area contributed by atoms with E-state index in [1.54, 1.807) is 0 Å². The highest BCUT2D eigenvalue weighted by molar-refractivity contribution is 4.91. The van der Waals surface area contributed by atoms with Gasteiger partial charge in [0.15, 0.2) is 0 Å². The molecule has 2 nitrogen and oxygen atoms in total. The first-order valence-corrected chi connectivity index (χ1v) is 8.14. The van der Waals surface area contributed by atoms with E-state index in [0.29, 0.717) is 5.41 Å². The van der Waals surface area contributed by atoms with Crippen molar-refractivity contribution in [2.24, 2.45) is 23.0 Å². The van der Waals surface area contributed by atoms with Crippen LogP contribution in [0.25, 0.3) is 0 Å². The molecule has 1 aliphatic rings. The zero-order chi connectivity index (χ0) is 14.7. The molecule has 0 amide bonds. The van der Waals surface area contributed by atoms with Crippen molar-refractivity contribution in [2.75, 3.05) is 19.6 Å². The Morgan fingerprint density at radius 3 is 2.00 bits per heavy atom. The first-order valence-electron chi connectivity index (χ1n) is 8.14. The summed E-state index contributed by atoms with van der Waals surface area (Å²) in [4.78, 5) is 2.66. The van der Waals surface area contributed by atoms with Gasteiger partial charge < -0.3 is 5.73 Å². The minimum absolute atomic E-state index is 0.215. The molecule has 1 fully saturated rings. The summed E-state index contributed by atoms with van der Waals surface area (Å²) in [6.45, 7) is 17.4. The van der Waals surface area contributed by atoms with Gasteiger partial charge in [-0.05, 0) is 62.9 Å². The first kappa shape index (κ1) is 17.0. The number of nitrogens with two attached hydrogens (primary N) is 1. The van der Waals surface area contributed by atoms with E-state index >= 15 is 0 Å². The van der Waals surface area contributed by atoms with Gasteiger partial charge in [0.1, 0.15) is 0 Å². The molecule has 1 rings (SSSR count). The highest BCUT2D eigenvalue weighted by atomic mass is 15.2. The molecule has 0 aromatic heterocycles. The van der Waals surface area contributed by atoms with Crippen LogP contribution in [0.1, 0.15) is 67.2 Å². The third-order valence-electron chi connectivity index (χ3n) is 5.18. The normalized spacial score (nSPS) is 22.7. The van der Waals surface area contributed by atoms with E-state index < -0.39 is 0 Å². The first-order chi connectivity index (χ1) is 8.69. The summed E-state index contributed by atoms with van der Waals surface area (Å²) in [5, 5.41) is 0. The van der Waals surface area contributed by atoms with E-state index in [9.17, 15) is 0 Å². The Balaban J connectivity index is 2.56. The Bertz CT molecular complexity index is 259. The molecule has 0 radical (unpaired) electrons. The zero-order valence-electron chi connectivity index (χ0n) is 14.1. The molecule has 0 aliphatic carbocycles. The summed E-state index contributed by atoms with van der Waals surface area (Å²) in [6.07, 6.45) is 5.19. The lowest BCUT2D eigenvalue weighted by atomic mass is 9.74. The van der Waals surface area contributed by atoms with E-state index in [0.717, 1.165) is 18.4 Å². The average molecular weight is 268 g/mol. The fourth-order valence-corrected chi connectivity index (χ4v) is 3.27. The number of rotatable bonds is 5. The van der Waals surface area contributed by atoms with E-state index in [-0.39, 0.29) is 5.54 Å². The van der Waals surface area contributed by atoms with Crippen LogP contribution in [-0.2, 0) is 0 Å². The van der Waals surface area contributed by atoms with Gasteiger partial charge in [0, 0.05) is 12.1 Å². The van der Waals surface area contributed by atoms with Gasteiger partial charge in [0.25, 0.3) is 0 Å². The summed E-state index contributed by atoms with van der Waals surface area (Å²) in [6, 6.07) is 0. The quantitative estimate of drug-likeness (QED) is 0.819. The van der Waals surface area contributed by atoms with Crippen molar-refractivity contribution in [1.82, 2.24) is 4.90 Å². The molecule has 1 aliphatic heterocycles. The van der Waals surface area contributed by atoms with Crippen LogP contribution in [0.15, 0.2) is 0 Å². The summed E-state index contributed by atoms with van der Waals surface area (Å²) < 4.78 is 0. The number of hydrogen-bond acceptors (Lipinski definition) is 2. The molecule has 1 heterocycles. The van der Waals surface area contributed by atoms with Crippen LogP contribution in [0.2, 0.25) is 0 Å². The molecule has 2 heteroatoms. The highest BCUT2D eigenvalue weighted by Gasteiger charge is 2.36. The van der Waals surface area contributed by atoms with Crippen molar-refractivity contribution in [3.8, 4) is 0 Å². The van der Waals surface area contributed by atoms with Crippen molar-refractivity contribution in [1.29, 1.82) is 0 Å². The van der Waals surface area contributed by atoms with Gasteiger partial charge in [0.05, 0.1) is 0 Å². The molecule has 0 spiro atoms. The van der Waals surface area contributed by atoms with Gasteiger partial charge in [-0.15, -0.1) is 0 Å². The van der Waals surface area contributed by atoms with Gasteiger partial charge in [-0.25, -0.2) is 0 Å². The molecule has 2 N–H and O–H groups in total. The second-order valence-electron chi connectivity index (χ2n) is 8.26. The molecule has 19 heavy (non-hydrogen) atoms. The molecular weight excluding hydrogens is 232 g/mol. The molecule has 1 unspecified atom stereocenters. The van der Waals surface area contributed by atoms with Crippen molar-refractivity contribution >= 4 is 0 Å². The third kappa shape index (κ3) is 4.75. The predicted octanol–water partition coefficient (Wildman–Crippen LogP) is 3.90. The second kappa shape index (κ2) is 6.58. The molecule has 0 aromatic carbocycles. The number of nitrogens with zero attached hydrogens (tertiary/aromatic N) is 1. The number of likely N-dealkylation sites (tertiary alicyclic amines) is 1. The minimum Gasteiger partial charge on any atom is -0.329 e. The minimum atomic E-state index is 0.215. The molecule has 114 valence electrons. The fourth-order valence-electron chi connectivity index (χ4n) is 3.27. The van der Waals surface area contributed by atoms with Gasteiger partial charge >= 0.3 is 0 Å². The van der Waals surface area contributed by atoms with Crippen LogP contribution >= 0.6 is 0 Å². The Kier molecular flexibility index (Phi) is 5.88. The maximum Gasteiger partial charge on any atom is 0.0303 e. The van der Waals surface area contributed by atoms with Crippen LogP contribution in [0.3, 0.4) is 0 Å². The predicted molar refractivity (Wildman–Crippen MR) is 85.3 cm³/mol. The Labute approximate surface area is 121 Å². The van der Waals surface area contributed by atoms with Gasteiger partial charge in [-0.1, -0.05) is 34.6 Å². The van der Waals surface area contributed by atoms with Crippen LogP contribution in [-0.4, -0.2) is 30.1 Å². The van der Waals surface area contributed by atoms with Crippen LogP contribution in [0.4, 0.5) is 0 Å². The smallest absolute Gasteiger partial charge is 0.0303 e. The fraction of sp³-hybridized carbons (Fsp3) is 1.00. The van der Waals surface area contributed by atoms with E-state index in [2.05, 4.69) is 46.4 Å². The maximum atomic E-state index is 6.10. The largest absolute Gasteiger partial charge is 0.329 e. The van der Waals surface area contributed by atoms with Crippen molar-refractivity contribution in [3.63, 3.8) is 0 Å². The monoisotopic (exact) mass is 268 g/mol. The van der Waals surface area contributed by atoms with Crippen LogP contribution < -0.4 is 5.73 Å². The lowest BCUT2D eigenvalue weighted by Gasteiger charge is -2.47. The van der Waals surface area contributed by atoms with Gasteiger partial charge in [-0.2, -0.15) is 0 Å². The van der Waals surface area contributed by atoms with E-state index in [4.69, 9.17) is 5.73 Å². The number of piperidine rings is 1. The molecule has 0 saturated carbocycles. The average Bonchev–Trinajstić information content (AvgIpc) is 2.35. The molecule has 1 atom stereocenters. The summed E-state index contributed by atoms with van der Waals surface area (Å²) in [5.74, 6) is 1.65.